The Bertz CT molecular complexity index is 1480. The van der Waals surface area contributed by atoms with Crippen LogP contribution < -0.4 is 14.8 Å². The van der Waals surface area contributed by atoms with Crippen LogP contribution in [0.25, 0.3) is 11.3 Å². The number of sulfonamides is 1. The molecule has 0 bridgehead atoms. The predicted octanol–water partition coefficient (Wildman–Crippen LogP) is 5.26. The molecule has 2 aromatic heterocycles. The molecule has 0 aliphatic rings. The van der Waals surface area contributed by atoms with E-state index in [1.54, 1.807) is 18.2 Å². The first-order valence-corrected chi connectivity index (χ1v) is 12.5. The number of thiazole rings is 1. The van der Waals surface area contributed by atoms with Crippen molar-refractivity contribution in [3.05, 3.63) is 76.3 Å². The van der Waals surface area contributed by atoms with Crippen molar-refractivity contribution in [2.45, 2.75) is 11.6 Å². The Labute approximate surface area is 208 Å². The van der Waals surface area contributed by atoms with E-state index in [2.05, 4.69) is 20.0 Å². The van der Waals surface area contributed by atoms with Gasteiger partial charge in [-0.25, -0.2) is 14.4 Å². The molecule has 0 unspecified atom stereocenters. The summed E-state index contributed by atoms with van der Waals surface area (Å²) in [7, 11) is -2.73. The highest BCUT2D eigenvalue weighted by Gasteiger charge is 2.21. The third kappa shape index (κ3) is 5.45. The monoisotopic (exact) mass is 538 g/mol. The summed E-state index contributed by atoms with van der Waals surface area (Å²) in [5, 5.41) is 11.7. The number of phenols is 1. The summed E-state index contributed by atoms with van der Waals surface area (Å²) in [6.07, 6.45) is 1.30. The van der Waals surface area contributed by atoms with E-state index >= 15 is 0 Å². The zero-order valence-electron chi connectivity index (χ0n) is 17.9. The van der Waals surface area contributed by atoms with Crippen LogP contribution in [-0.2, 0) is 16.6 Å². The number of hydrogen-bond donors (Lipinski definition) is 3. The topological polar surface area (TPSA) is 113 Å². The number of halogens is 3. The summed E-state index contributed by atoms with van der Waals surface area (Å²) in [5.41, 5.74) is 0.974. The first-order valence-electron chi connectivity index (χ1n) is 9.87. The number of aromatic hydroxyl groups is 1. The lowest BCUT2D eigenvalue weighted by Gasteiger charge is -2.11. The van der Waals surface area contributed by atoms with Crippen LogP contribution in [-0.4, -0.2) is 30.6 Å². The Morgan fingerprint density at radius 3 is 2.66 bits per heavy atom. The van der Waals surface area contributed by atoms with Gasteiger partial charge in [-0.15, -0.1) is 0 Å². The standard InChI is InChI=1S/C22H17ClF2N4O4S2/c1-33-17-4-2-3-13(20(17)30)10-26-14-6-8-18(27-11-14)35(31,32)29-22-28-19(21(25)34-22)12-5-7-15(23)16(24)9-12/h2-9,11,26,30H,10H2,1H3,(H,28,29). The van der Waals surface area contributed by atoms with Crippen molar-refractivity contribution in [2.75, 3.05) is 17.1 Å². The number of methoxy groups -OCH3 is 1. The van der Waals surface area contributed by atoms with Crippen LogP contribution in [0.15, 0.2) is 59.8 Å². The van der Waals surface area contributed by atoms with Crippen LogP contribution in [0.5, 0.6) is 11.5 Å². The summed E-state index contributed by atoms with van der Waals surface area (Å²) in [6, 6.07) is 11.4. The van der Waals surface area contributed by atoms with Gasteiger partial charge < -0.3 is 15.2 Å². The van der Waals surface area contributed by atoms with Crippen molar-refractivity contribution in [3.63, 3.8) is 0 Å². The van der Waals surface area contributed by atoms with Crippen LogP contribution in [0.3, 0.4) is 0 Å². The second-order valence-corrected chi connectivity index (χ2v) is 10.1. The van der Waals surface area contributed by atoms with Crippen molar-refractivity contribution < 1.29 is 27.0 Å². The van der Waals surface area contributed by atoms with Crippen molar-refractivity contribution >= 4 is 43.8 Å². The number of pyridine rings is 1. The predicted molar refractivity (Wildman–Crippen MR) is 130 cm³/mol. The molecule has 2 heterocycles. The maximum Gasteiger partial charge on any atom is 0.281 e. The fourth-order valence-corrected chi connectivity index (χ4v) is 5.05. The lowest BCUT2D eigenvalue weighted by atomic mass is 10.2. The molecule has 0 atom stereocenters. The molecule has 0 fully saturated rings. The number of ether oxygens (including phenoxy) is 1. The van der Waals surface area contributed by atoms with Gasteiger partial charge in [-0.05, 0) is 30.3 Å². The Balaban J connectivity index is 1.46. The lowest BCUT2D eigenvalue weighted by Crippen LogP contribution is -2.14. The molecule has 182 valence electrons. The second-order valence-electron chi connectivity index (χ2n) is 7.08. The van der Waals surface area contributed by atoms with Gasteiger partial charge in [0.15, 0.2) is 21.7 Å². The van der Waals surface area contributed by atoms with E-state index in [4.69, 9.17) is 16.3 Å². The number of rotatable bonds is 8. The van der Waals surface area contributed by atoms with E-state index in [0.717, 1.165) is 6.07 Å². The van der Waals surface area contributed by atoms with Gasteiger partial charge in [0.25, 0.3) is 10.0 Å². The molecule has 0 saturated carbocycles. The summed E-state index contributed by atoms with van der Waals surface area (Å²) in [5.74, 6) is -0.425. The Kier molecular flexibility index (Phi) is 7.05. The molecule has 0 radical (unpaired) electrons. The largest absolute Gasteiger partial charge is 0.504 e. The number of nitrogens with one attached hydrogen (secondary N) is 2. The molecule has 0 aliphatic carbocycles. The molecule has 8 nitrogen and oxygen atoms in total. The number of anilines is 2. The summed E-state index contributed by atoms with van der Waals surface area (Å²) in [4.78, 5) is 7.88. The van der Waals surface area contributed by atoms with Gasteiger partial charge in [-0.1, -0.05) is 41.1 Å². The smallest absolute Gasteiger partial charge is 0.281 e. The van der Waals surface area contributed by atoms with Crippen LogP contribution in [0.4, 0.5) is 19.6 Å². The molecular formula is C22H17ClF2N4O4S2. The van der Waals surface area contributed by atoms with E-state index in [1.807, 2.05) is 0 Å². The normalized spacial score (nSPS) is 11.3. The van der Waals surface area contributed by atoms with Crippen LogP contribution in [0, 0.1) is 10.9 Å². The average Bonchev–Trinajstić information content (AvgIpc) is 3.19. The average molecular weight is 539 g/mol. The third-order valence-electron chi connectivity index (χ3n) is 4.80. The first kappa shape index (κ1) is 24.6. The summed E-state index contributed by atoms with van der Waals surface area (Å²) in [6.45, 7) is 0.238. The zero-order chi connectivity index (χ0) is 25.2. The van der Waals surface area contributed by atoms with E-state index in [1.165, 1.54) is 37.6 Å². The van der Waals surface area contributed by atoms with Crippen LogP contribution in [0.1, 0.15) is 5.56 Å². The van der Waals surface area contributed by atoms with Gasteiger partial charge in [-0.2, -0.15) is 12.8 Å². The second kappa shape index (κ2) is 10.0. The molecule has 0 spiro atoms. The van der Waals surface area contributed by atoms with E-state index in [0.29, 0.717) is 28.3 Å². The number of para-hydroxylation sites is 1. The molecule has 35 heavy (non-hydrogen) atoms. The molecule has 0 aliphatic heterocycles. The molecule has 3 N–H and O–H groups in total. The maximum absolute atomic E-state index is 14.4. The molecular weight excluding hydrogens is 522 g/mol. The van der Waals surface area contributed by atoms with Crippen molar-refractivity contribution in [2.24, 2.45) is 0 Å². The quantitative estimate of drug-likeness (QED) is 0.280. The van der Waals surface area contributed by atoms with E-state index in [-0.39, 0.29) is 38.7 Å². The van der Waals surface area contributed by atoms with Crippen LogP contribution >= 0.6 is 22.9 Å². The van der Waals surface area contributed by atoms with E-state index in [9.17, 15) is 22.3 Å². The molecule has 4 rings (SSSR count). The number of aromatic nitrogens is 2. The number of hydrogen-bond acceptors (Lipinski definition) is 8. The van der Waals surface area contributed by atoms with Crippen molar-refractivity contribution in [1.82, 2.24) is 9.97 Å². The minimum atomic E-state index is -4.17. The lowest BCUT2D eigenvalue weighted by molar-refractivity contribution is 0.371. The van der Waals surface area contributed by atoms with Gasteiger partial charge in [0.05, 0.1) is 24.0 Å². The maximum atomic E-state index is 14.4. The minimum absolute atomic E-state index is 0.00440. The Morgan fingerprint density at radius 1 is 1.17 bits per heavy atom. The van der Waals surface area contributed by atoms with E-state index < -0.39 is 21.0 Å². The zero-order valence-corrected chi connectivity index (χ0v) is 20.3. The van der Waals surface area contributed by atoms with Crippen LogP contribution in [0.2, 0.25) is 5.02 Å². The minimum Gasteiger partial charge on any atom is -0.504 e. The van der Waals surface area contributed by atoms with Gasteiger partial charge >= 0.3 is 0 Å². The highest BCUT2D eigenvalue weighted by atomic mass is 35.5. The summed E-state index contributed by atoms with van der Waals surface area (Å²) < 4.78 is 60.7. The SMILES string of the molecule is COc1cccc(CNc2ccc(S(=O)(=O)Nc3nc(-c4ccc(Cl)c(F)c4)c(F)s3)nc2)c1O. The molecule has 4 aromatic rings. The number of phenolic OH excluding ortho intramolecular Hbond substituents is 1. The highest BCUT2D eigenvalue weighted by molar-refractivity contribution is 7.92. The molecule has 0 amide bonds. The fourth-order valence-electron chi connectivity index (χ4n) is 3.05. The number of benzene rings is 2. The van der Waals surface area contributed by atoms with Crippen molar-refractivity contribution in [3.8, 4) is 22.8 Å². The Hall–Kier alpha value is -3.48. The molecule has 0 saturated heterocycles. The van der Waals surface area contributed by atoms with Gasteiger partial charge in [-0.3, -0.25) is 4.72 Å². The number of nitrogens with zero attached hydrogens (tertiary/aromatic N) is 2. The third-order valence-corrected chi connectivity index (χ3v) is 7.25. The van der Waals surface area contributed by atoms with Gasteiger partial charge in [0, 0.05) is 17.7 Å². The molecule has 13 heteroatoms. The molecule has 2 aromatic carbocycles. The van der Waals surface area contributed by atoms with Gasteiger partial charge in [0.2, 0.25) is 5.13 Å². The first-order chi connectivity index (χ1) is 16.7. The highest BCUT2D eigenvalue weighted by Crippen LogP contribution is 2.32. The Morgan fingerprint density at radius 2 is 1.97 bits per heavy atom. The summed E-state index contributed by atoms with van der Waals surface area (Å²) >= 11 is 6.10. The van der Waals surface area contributed by atoms with Gasteiger partial charge in [0.1, 0.15) is 11.5 Å². The fraction of sp³-hybridized carbons (Fsp3) is 0.0909. The van der Waals surface area contributed by atoms with Crippen molar-refractivity contribution in [1.29, 1.82) is 0 Å².